The van der Waals surface area contributed by atoms with Gasteiger partial charge in [0.05, 0.1) is 0 Å². The van der Waals surface area contributed by atoms with Crippen molar-refractivity contribution in [3.8, 4) is 0 Å². The Kier molecular flexibility index (Phi) is 3.34. The molecule has 17 heavy (non-hydrogen) atoms. The van der Waals surface area contributed by atoms with Gasteiger partial charge in [-0.25, -0.2) is 14.8 Å². The van der Waals surface area contributed by atoms with Crippen LogP contribution in [-0.4, -0.2) is 44.3 Å². The van der Waals surface area contributed by atoms with Gasteiger partial charge in [-0.2, -0.15) is 0 Å². The Labute approximate surface area is 98.2 Å². The third-order valence-corrected chi connectivity index (χ3v) is 2.70. The first-order chi connectivity index (χ1) is 8.20. The van der Waals surface area contributed by atoms with Crippen LogP contribution < -0.4 is 0 Å². The van der Waals surface area contributed by atoms with Gasteiger partial charge in [-0.15, -0.1) is 0 Å². The Balaban J connectivity index is 2.10. The van der Waals surface area contributed by atoms with Crippen LogP contribution in [0.25, 0.3) is 5.57 Å². The Hall–Kier alpha value is -1.95. The zero-order valence-electron chi connectivity index (χ0n) is 9.20. The van der Waals surface area contributed by atoms with Gasteiger partial charge in [0.15, 0.2) is 5.82 Å². The van der Waals surface area contributed by atoms with Crippen molar-refractivity contribution in [2.45, 2.75) is 13.0 Å². The average molecular weight is 235 g/mol. The maximum Gasteiger partial charge on any atom is 0.407 e. The molecule has 0 unspecified atom stereocenters. The molecule has 1 aliphatic rings. The molecule has 90 valence electrons. The molecule has 0 radical (unpaired) electrons. The van der Waals surface area contributed by atoms with Crippen molar-refractivity contribution in [1.29, 1.82) is 0 Å². The monoisotopic (exact) mass is 235 g/mol. The second-order valence-corrected chi connectivity index (χ2v) is 3.75. The first-order valence-electron chi connectivity index (χ1n) is 5.30. The summed E-state index contributed by atoms with van der Waals surface area (Å²) in [6.07, 6.45) is 4.94. The normalized spacial score (nSPS) is 15.6. The van der Waals surface area contributed by atoms with Crippen molar-refractivity contribution in [1.82, 2.24) is 14.9 Å². The summed E-state index contributed by atoms with van der Waals surface area (Å²) >= 11 is 0. The number of aromatic nitrogens is 2. The molecule has 1 amide bonds. The summed E-state index contributed by atoms with van der Waals surface area (Å²) in [5.74, 6) is 0.386. The second-order valence-electron chi connectivity index (χ2n) is 3.75. The minimum atomic E-state index is -0.896. The molecular weight excluding hydrogens is 222 g/mol. The summed E-state index contributed by atoms with van der Waals surface area (Å²) in [6.45, 7) is 0.710. The second kappa shape index (κ2) is 4.92. The van der Waals surface area contributed by atoms with Gasteiger partial charge in [-0.1, -0.05) is 6.08 Å². The lowest BCUT2D eigenvalue weighted by Crippen LogP contribution is -2.33. The van der Waals surface area contributed by atoms with Gasteiger partial charge in [0, 0.05) is 31.0 Å². The fourth-order valence-corrected chi connectivity index (χ4v) is 1.71. The van der Waals surface area contributed by atoms with Gasteiger partial charge >= 0.3 is 6.09 Å². The van der Waals surface area contributed by atoms with Crippen LogP contribution in [0.3, 0.4) is 0 Å². The quantitative estimate of drug-likeness (QED) is 0.789. The number of carbonyl (C=O) groups is 1. The lowest BCUT2D eigenvalue weighted by atomic mass is 10.0. The lowest BCUT2D eigenvalue weighted by molar-refractivity contribution is 0.150. The minimum Gasteiger partial charge on any atom is -0.465 e. The van der Waals surface area contributed by atoms with E-state index >= 15 is 0 Å². The summed E-state index contributed by atoms with van der Waals surface area (Å²) in [6, 6.07) is 0. The van der Waals surface area contributed by atoms with Gasteiger partial charge in [0.25, 0.3) is 0 Å². The molecule has 0 aliphatic carbocycles. The van der Waals surface area contributed by atoms with E-state index in [0.29, 0.717) is 25.3 Å². The molecule has 1 aliphatic heterocycles. The van der Waals surface area contributed by atoms with Crippen LogP contribution in [0.5, 0.6) is 0 Å². The van der Waals surface area contributed by atoms with E-state index in [-0.39, 0.29) is 6.61 Å². The molecule has 0 saturated carbocycles. The van der Waals surface area contributed by atoms with Gasteiger partial charge < -0.3 is 15.1 Å². The molecule has 0 spiro atoms. The van der Waals surface area contributed by atoms with E-state index in [4.69, 9.17) is 10.2 Å². The van der Waals surface area contributed by atoms with Gasteiger partial charge in [0.1, 0.15) is 6.61 Å². The number of aliphatic hydroxyl groups excluding tert-OH is 1. The molecule has 6 heteroatoms. The average Bonchev–Trinajstić information content (AvgIpc) is 2.39. The molecule has 0 saturated heterocycles. The Morgan fingerprint density at radius 2 is 2.12 bits per heavy atom. The van der Waals surface area contributed by atoms with Crippen molar-refractivity contribution in [2.24, 2.45) is 0 Å². The molecule has 0 fully saturated rings. The minimum absolute atomic E-state index is 0.174. The van der Waals surface area contributed by atoms with Gasteiger partial charge in [-0.05, 0) is 12.0 Å². The number of hydrogen-bond donors (Lipinski definition) is 2. The summed E-state index contributed by atoms with van der Waals surface area (Å²) in [5.41, 5.74) is 1.93. The lowest BCUT2D eigenvalue weighted by Gasteiger charge is -2.23. The molecule has 2 N–H and O–H groups in total. The zero-order valence-corrected chi connectivity index (χ0v) is 9.20. The molecule has 2 heterocycles. The van der Waals surface area contributed by atoms with Crippen molar-refractivity contribution < 1.29 is 15.0 Å². The SMILES string of the molecule is O=C(O)N1CC=C(c2cnc(CO)nc2)CC1. The molecule has 6 nitrogen and oxygen atoms in total. The van der Waals surface area contributed by atoms with Crippen LogP contribution in [0, 0.1) is 0 Å². The molecule has 0 bridgehead atoms. The maximum absolute atomic E-state index is 10.7. The first kappa shape index (κ1) is 11.5. The highest BCUT2D eigenvalue weighted by molar-refractivity contribution is 5.70. The van der Waals surface area contributed by atoms with E-state index in [2.05, 4.69) is 9.97 Å². The highest BCUT2D eigenvalue weighted by atomic mass is 16.4. The number of rotatable bonds is 2. The van der Waals surface area contributed by atoms with E-state index < -0.39 is 6.09 Å². The molecule has 2 rings (SSSR count). The predicted octanol–water partition coefficient (Wildman–Crippen LogP) is 0.736. The summed E-state index contributed by atoms with van der Waals surface area (Å²) in [5, 5.41) is 17.6. The Morgan fingerprint density at radius 1 is 1.41 bits per heavy atom. The van der Waals surface area contributed by atoms with Crippen LogP contribution in [0.4, 0.5) is 4.79 Å². The van der Waals surface area contributed by atoms with Crippen LogP contribution in [-0.2, 0) is 6.61 Å². The topological polar surface area (TPSA) is 86.5 Å². The van der Waals surface area contributed by atoms with E-state index in [9.17, 15) is 4.79 Å². The molecule has 1 aromatic heterocycles. The molecule has 1 aromatic rings. The number of amides is 1. The van der Waals surface area contributed by atoms with Crippen LogP contribution in [0.2, 0.25) is 0 Å². The van der Waals surface area contributed by atoms with E-state index in [1.165, 1.54) is 4.90 Å². The fraction of sp³-hybridized carbons (Fsp3) is 0.364. The number of aliphatic hydroxyl groups is 1. The predicted molar refractivity (Wildman–Crippen MR) is 60.1 cm³/mol. The number of carboxylic acid groups (broad SMARTS) is 1. The third-order valence-electron chi connectivity index (χ3n) is 2.70. The van der Waals surface area contributed by atoms with Crippen molar-refractivity contribution in [3.05, 3.63) is 29.9 Å². The summed E-state index contributed by atoms with van der Waals surface area (Å²) in [7, 11) is 0. The molecule has 0 atom stereocenters. The first-order valence-corrected chi connectivity index (χ1v) is 5.30. The van der Waals surface area contributed by atoms with E-state index in [1.54, 1.807) is 12.4 Å². The van der Waals surface area contributed by atoms with Crippen LogP contribution in [0.15, 0.2) is 18.5 Å². The van der Waals surface area contributed by atoms with Crippen LogP contribution in [0.1, 0.15) is 17.8 Å². The number of hydrogen-bond acceptors (Lipinski definition) is 4. The van der Waals surface area contributed by atoms with Crippen LogP contribution >= 0.6 is 0 Å². The summed E-state index contributed by atoms with van der Waals surface area (Å²) < 4.78 is 0. The van der Waals surface area contributed by atoms with Gasteiger partial charge in [-0.3, -0.25) is 0 Å². The number of nitrogens with zero attached hydrogens (tertiary/aromatic N) is 3. The zero-order chi connectivity index (χ0) is 12.3. The third kappa shape index (κ3) is 2.59. The largest absolute Gasteiger partial charge is 0.465 e. The van der Waals surface area contributed by atoms with Gasteiger partial charge in [0.2, 0.25) is 0 Å². The standard InChI is InChI=1S/C11H13N3O3/c15-7-10-12-5-9(6-13-10)8-1-3-14(4-2-8)11(16)17/h1,5-6,15H,2-4,7H2,(H,16,17). The highest BCUT2D eigenvalue weighted by Crippen LogP contribution is 2.20. The van der Waals surface area contributed by atoms with Crippen molar-refractivity contribution >= 4 is 11.7 Å². The summed E-state index contributed by atoms with van der Waals surface area (Å²) in [4.78, 5) is 20.1. The maximum atomic E-state index is 10.7. The van der Waals surface area contributed by atoms with Crippen molar-refractivity contribution in [2.75, 3.05) is 13.1 Å². The molecule has 0 aromatic carbocycles. The smallest absolute Gasteiger partial charge is 0.407 e. The molecular formula is C11H13N3O3. The van der Waals surface area contributed by atoms with Crippen molar-refractivity contribution in [3.63, 3.8) is 0 Å². The highest BCUT2D eigenvalue weighted by Gasteiger charge is 2.16. The van der Waals surface area contributed by atoms with E-state index in [0.717, 1.165) is 11.1 Å². The Bertz CT molecular complexity index is 442. The fourth-order valence-electron chi connectivity index (χ4n) is 1.71. The Morgan fingerprint density at radius 3 is 2.59 bits per heavy atom. The van der Waals surface area contributed by atoms with E-state index in [1.807, 2.05) is 6.08 Å².